The van der Waals surface area contributed by atoms with Crippen LogP contribution in [0.2, 0.25) is 0 Å². The summed E-state index contributed by atoms with van der Waals surface area (Å²) in [4.78, 5) is 0. The second-order valence-electron chi connectivity index (χ2n) is 4.96. The first-order valence-corrected chi connectivity index (χ1v) is 7.28. The highest BCUT2D eigenvalue weighted by Crippen LogP contribution is 2.15. The van der Waals surface area contributed by atoms with Crippen LogP contribution in [0.15, 0.2) is 47.1 Å². The molecule has 0 radical (unpaired) electrons. The van der Waals surface area contributed by atoms with Crippen LogP contribution in [0.5, 0.6) is 5.75 Å². The van der Waals surface area contributed by atoms with Gasteiger partial charge in [-0.05, 0) is 43.2 Å². The highest BCUT2D eigenvalue weighted by Gasteiger charge is 2.07. The van der Waals surface area contributed by atoms with Gasteiger partial charge in [0.05, 0.1) is 18.9 Å². The maximum Gasteiger partial charge on any atom is 0.120 e. The van der Waals surface area contributed by atoms with Gasteiger partial charge in [0.1, 0.15) is 11.5 Å². The Bertz CT molecular complexity index is 476. The monoisotopic (exact) mass is 273 g/mol. The van der Waals surface area contributed by atoms with Gasteiger partial charge in [0, 0.05) is 6.54 Å². The van der Waals surface area contributed by atoms with E-state index in [1.165, 1.54) is 5.56 Å². The highest BCUT2D eigenvalue weighted by atomic mass is 16.5. The molecule has 1 heterocycles. The Balaban J connectivity index is 1.78. The summed E-state index contributed by atoms with van der Waals surface area (Å²) in [6.07, 6.45) is 3.96. The van der Waals surface area contributed by atoms with Gasteiger partial charge in [-0.25, -0.2) is 0 Å². The Morgan fingerprint density at radius 2 is 2.00 bits per heavy atom. The standard InChI is InChI=1S/C17H23NO2/c1-3-4-11-19-16-9-7-15(8-10-16)13-18-14(2)17-6-5-12-20-17/h5-10,12,14,18H,3-4,11,13H2,1-2H3/t14-/m1/s1. The summed E-state index contributed by atoms with van der Waals surface area (Å²) in [6.45, 7) is 5.88. The molecule has 0 saturated carbocycles. The minimum absolute atomic E-state index is 0.213. The van der Waals surface area contributed by atoms with Crippen molar-refractivity contribution in [3.05, 3.63) is 54.0 Å². The van der Waals surface area contributed by atoms with Crippen LogP contribution >= 0.6 is 0 Å². The van der Waals surface area contributed by atoms with E-state index in [-0.39, 0.29) is 6.04 Å². The molecule has 0 aliphatic carbocycles. The molecule has 2 aromatic rings. The van der Waals surface area contributed by atoms with Crippen molar-refractivity contribution in [3.8, 4) is 5.75 Å². The number of nitrogens with one attached hydrogen (secondary N) is 1. The zero-order valence-electron chi connectivity index (χ0n) is 12.3. The van der Waals surface area contributed by atoms with Crippen LogP contribution in [0, 0.1) is 0 Å². The van der Waals surface area contributed by atoms with E-state index in [0.717, 1.165) is 37.5 Å². The van der Waals surface area contributed by atoms with Crippen molar-refractivity contribution in [3.63, 3.8) is 0 Å². The Kier molecular flexibility index (Phi) is 5.69. The Labute approximate surface area is 121 Å². The summed E-state index contributed by atoms with van der Waals surface area (Å²) in [5.74, 6) is 1.91. The average molecular weight is 273 g/mol. The third kappa shape index (κ3) is 4.42. The molecule has 2 rings (SSSR count). The second kappa shape index (κ2) is 7.75. The van der Waals surface area contributed by atoms with Crippen LogP contribution in [0.3, 0.4) is 0 Å². The van der Waals surface area contributed by atoms with Gasteiger partial charge in [-0.3, -0.25) is 0 Å². The largest absolute Gasteiger partial charge is 0.494 e. The molecular weight excluding hydrogens is 250 g/mol. The van der Waals surface area contributed by atoms with Gasteiger partial charge in [-0.1, -0.05) is 25.5 Å². The molecule has 0 unspecified atom stereocenters. The Morgan fingerprint density at radius 1 is 1.20 bits per heavy atom. The number of rotatable bonds is 8. The molecule has 3 nitrogen and oxygen atoms in total. The van der Waals surface area contributed by atoms with Crippen molar-refractivity contribution in [1.29, 1.82) is 0 Å². The predicted octanol–water partition coefficient (Wildman–Crippen LogP) is 4.31. The molecular formula is C17H23NO2. The van der Waals surface area contributed by atoms with E-state index in [4.69, 9.17) is 9.15 Å². The van der Waals surface area contributed by atoms with E-state index in [2.05, 4.69) is 31.3 Å². The van der Waals surface area contributed by atoms with Crippen molar-refractivity contribution in [1.82, 2.24) is 5.32 Å². The van der Waals surface area contributed by atoms with E-state index in [1.54, 1.807) is 6.26 Å². The molecule has 3 heteroatoms. The van der Waals surface area contributed by atoms with Crippen molar-refractivity contribution >= 4 is 0 Å². The minimum atomic E-state index is 0.213. The van der Waals surface area contributed by atoms with Gasteiger partial charge < -0.3 is 14.5 Å². The Morgan fingerprint density at radius 3 is 2.65 bits per heavy atom. The maximum atomic E-state index is 5.65. The molecule has 108 valence electrons. The van der Waals surface area contributed by atoms with Crippen LogP contribution in [0.4, 0.5) is 0 Å². The van der Waals surface area contributed by atoms with E-state index >= 15 is 0 Å². The second-order valence-corrected chi connectivity index (χ2v) is 4.96. The van der Waals surface area contributed by atoms with Crippen LogP contribution in [0.25, 0.3) is 0 Å². The lowest BCUT2D eigenvalue weighted by Crippen LogP contribution is -2.17. The molecule has 1 N–H and O–H groups in total. The van der Waals surface area contributed by atoms with Crippen molar-refractivity contribution in [2.75, 3.05) is 6.61 Å². The number of furan rings is 1. The fourth-order valence-corrected chi connectivity index (χ4v) is 1.95. The summed E-state index contributed by atoms with van der Waals surface area (Å²) < 4.78 is 11.0. The van der Waals surface area contributed by atoms with E-state index < -0.39 is 0 Å². The molecule has 0 spiro atoms. The smallest absolute Gasteiger partial charge is 0.120 e. The topological polar surface area (TPSA) is 34.4 Å². The zero-order chi connectivity index (χ0) is 14.2. The molecule has 0 saturated heterocycles. The summed E-state index contributed by atoms with van der Waals surface area (Å²) in [5, 5.41) is 3.44. The van der Waals surface area contributed by atoms with E-state index in [9.17, 15) is 0 Å². The quantitative estimate of drug-likeness (QED) is 0.728. The molecule has 0 bridgehead atoms. The molecule has 1 atom stereocenters. The molecule has 0 amide bonds. The lowest BCUT2D eigenvalue weighted by molar-refractivity contribution is 0.309. The van der Waals surface area contributed by atoms with E-state index in [1.807, 2.05) is 24.3 Å². The van der Waals surface area contributed by atoms with Gasteiger partial charge in [0.15, 0.2) is 0 Å². The molecule has 1 aromatic heterocycles. The third-order valence-electron chi connectivity index (χ3n) is 3.27. The molecule has 0 aliphatic rings. The average Bonchev–Trinajstić information content (AvgIpc) is 3.01. The van der Waals surface area contributed by atoms with Crippen LogP contribution in [0.1, 0.15) is 44.1 Å². The first-order chi connectivity index (χ1) is 9.79. The van der Waals surface area contributed by atoms with Crippen LogP contribution < -0.4 is 10.1 Å². The van der Waals surface area contributed by atoms with Gasteiger partial charge in [0.2, 0.25) is 0 Å². The highest BCUT2D eigenvalue weighted by molar-refractivity contribution is 5.27. The number of ether oxygens (including phenoxy) is 1. The number of hydrogen-bond donors (Lipinski definition) is 1. The fraction of sp³-hybridized carbons (Fsp3) is 0.412. The molecule has 0 aliphatic heterocycles. The van der Waals surface area contributed by atoms with Crippen molar-refractivity contribution in [2.45, 2.75) is 39.3 Å². The van der Waals surface area contributed by atoms with Crippen molar-refractivity contribution < 1.29 is 9.15 Å². The van der Waals surface area contributed by atoms with E-state index in [0.29, 0.717) is 0 Å². The summed E-state index contributed by atoms with van der Waals surface area (Å²) in [5.41, 5.74) is 1.24. The first kappa shape index (κ1) is 14.7. The van der Waals surface area contributed by atoms with Crippen LogP contribution in [-0.2, 0) is 6.54 Å². The summed E-state index contributed by atoms with van der Waals surface area (Å²) >= 11 is 0. The zero-order valence-corrected chi connectivity index (χ0v) is 12.3. The summed E-state index contributed by atoms with van der Waals surface area (Å²) in [7, 11) is 0. The number of benzene rings is 1. The van der Waals surface area contributed by atoms with Gasteiger partial charge in [-0.15, -0.1) is 0 Å². The predicted molar refractivity (Wildman–Crippen MR) is 80.8 cm³/mol. The summed E-state index contributed by atoms with van der Waals surface area (Å²) in [6, 6.07) is 12.4. The first-order valence-electron chi connectivity index (χ1n) is 7.28. The fourth-order valence-electron chi connectivity index (χ4n) is 1.95. The SMILES string of the molecule is CCCCOc1ccc(CN[C@H](C)c2ccco2)cc1. The number of unbranched alkanes of at least 4 members (excludes halogenated alkanes) is 1. The normalized spacial score (nSPS) is 12.3. The lowest BCUT2D eigenvalue weighted by Gasteiger charge is -2.12. The van der Waals surface area contributed by atoms with Gasteiger partial charge >= 0.3 is 0 Å². The van der Waals surface area contributed by atoms with Crippen LogP contribution in [-0.4, -0.2) is 6.61 Å². The molecule has 20 heavy (non-hydrogen) atoms. The van der Waals surface area contributed by atoms with Crippen molar-refractivity contribution in [2.24, 2.45) is 0 Å². The van der Waals surface area contributed by atoms with Gasteiger partial charge in [-0.2, -0.15) is 0 Å². The van der Waals surface area contributed by atoms with Gasteiger partial charge in [0.25, 0.3) is 0 Å². The lowest BCUT2D eigenvalue weighted by atomic mass is 10.2. The number of hydrogen-bond acceptors (Lipinski definition) is 3. The maximum absolute atomic E-state index is 5.65. The third-order valence-corrected chi connectivity index (χ3v) is 3.27. The molecule has 1 aromatic carbocycles. The minimum Gasteiger partial charge on any atom is -0.494 e. The Hall–Kier alpha value is -1.74. The molecule has 0 fully saturated rings.